The zero-order valence-corrected chi connectivity index (χ0v) is 36.1. The van der Waals surface area contributed by atoms with Crippen LogP contribution in [0.3, 0.4) is 0 Å². The molecule has 0 bridgehead atoms. The Bertz CT molecular complexity index is 2840. The van der Waals surface area contributed by atoms with Gasteiger partial charge in [0.15, 0.2) is 5.82 Å². The Hall–Kier alpha value is -6.82. The number of benzene rings is 2. The molecule has 0 fully saturated rings. The van der Waals surface area contributed by atoms with Gasteiger partial charge in [0.05, 0.1) is 59.3 Å². The molecule has 8 heterocycles. The zero-order valence-electron chi connectivity index (χ0n) is 36.1. The molecule has 0 radical (unpaired) electrons. The van der Waals surface area contributed by atoms with Crippen LogP contribution in [0.25, 0.3) is 51.0 Å². The van der Waals surface area contributed by atoms with Crippen molar-refractivity contribution in [2.75, 3.05) is 22.9 Å². The van der Waals surface area contributed by atoms with E-state index in [0.717, 1.165) is 113 Å². The van der Waals surface area contributed by atoms with Crippen LogP contribution >= 0.6 is 0 Å². The SMILES string of the molecule is Cc1nc(-c2ccc(N3CCn4c(-c5ccc(-c6nc(C)n7c6CN(c6ccc(-n8ccnc8)cc6)CC7)c(C(C)C)n5)nc(-c5cccnc5C(C)C)c4C3)cc2)cn1C. The summed E-state index contributed by atoms with van der Waals surface area (Å²) in [4.78, 5) is 35.0. The highest BCUT2D eigenvalue weighted by molar-refractivity contribution is 5.74. The molecule has 61 heavy (non-hydrogen) atoms. The number of imidazole rings is 4. The monoisotopic (exact) mass is 808 g/mol. The van der Waals surface area contributed by atoms with Gasteiger partial charge in [-0.15, -0.1) is 0 Å². The standard InChI is InChI=1S/C49H52N12/c1-31(2)45-39(9-8-20-51-45)48-44-29-58(36-12-10-35(11-13-36)42-27-56(7)33(5)52-42)24-26-61(44)49(55-48)41-19-18-40(46(54-41)32(3)4)47-43-28-57(23-25-60(43)34(6)53-47)37-14-16-38(17-15-37)59-22-21-50-30-59/h8-22,27,30-32H,23-26,28-29H2,1-7H3. The van der Waals surface area contributed by atoms with E-state index in [1.54, 1.807) is 6.20 Å². The third-order valence-electron chi connectivity index (χ3n) is 12.5. The third-order valence-corrected chi connectivity index (χ3v) is 12.5. The molecule has 12 heteroatoms. The fraction of sp³-hybridized carbons (Fsp3) is 0.306. The van der Waals surface area contributed by atoms with Gasteiger partial charge in [-0.1, -0.05) is 39.8 Å². The van der Waals surface area contributed by atoms with E-state index in [-0.39, 0.29) is 11.8 Å². The topological polar surface area (TPSA) is 104 Å². The summed E-state index contributed by atoms with van der Waals surface area (Å²) in [5.41, 5.74) is 15.1. The summed E-state index contributed by atoms with van der Waals surface area (Å²) >= 11 is 0. The van der Waals surface area contributed by atoms with Gasteiger partial charge in [-0.05, 0) is 86.3 Å². The molecule has 6 aromatic heterocycles. The first kappa shape index (κ1) is 38.4. The lowest BCUT2D eigenvalue weighted by molar-refractivity contribution is 0.560. The first-order chi connectivity index (χ1) is 29.6. The van der Waals surface area contributed by atoms with Crippen molar-refractivity contribution in [1.29, 1.82) is 0 Å². The molecule has 308 valence electrons. The number of hydrogen-bond donors (Lipinski definition) is 0. The van der Waals surface area contributed by atoms with Crippen molar-refractivity contribution in [2.24, 2.45) is 7.05 Å². The van der Waals surface area contributed by atoms with E-state index in [9.17, 15) is 0 Å². The molecule has 0 saturated carbocycles. The lowest BCUT2D eigenvalue weighted by atomic mass is 9.99. The number of anilines is 2. The molecule has 0 N–H and O–H groups in total. The largest absolute Gasteiger partial charge is 0.364 e. The first-order valence-corrected chi connectivity index (χ1v) is 21.4. The summed E-state index contributed by atoms with van der Waals surface area (Å²) < 4.78 is 8.88. The molecule has 0 spiro atoms. The van der Waals surface area contributed by atoms with E-state index in [1.165, 1.54) is 22.8 Å². The van der Waals surface area contributed by atoms with E-state index in [2.05, 4.69) is 136 Å². The van der Waals surface area contributed by atoms with Crippen LogP contribution in [0, 0.1) is 13.8 Å². The van der Waals surface area contributed by atoms with E-state index in [0.29, 0.717) is 0 Å². The third kappa shape index (κ3) is 6.89. The van der Waals surface area contributed by atoms with Crippen molar-refractivity contribution >= 4 is 11.4 Å². The Morgan fingerprint density at radius 1 is 0.574 bits per heavy atom. The lowest BCUT2D eigenvalue weighted by Crippen LogP contribution is -2.34. The molecule has 0 atom stereocenters. The summed E-state index contributed by atoms with van der Waals surface area (Å²) in [7, 11) is 2.04. The maximum absolute atomic E-state index is 5.50. The second kappa shape index (κ2) is 15.3. The van der Waals surface area contributed by atoms with E-state index in [4.69, 9.17) is 24.9 Å². The van der Waals surface area contributed by atoms with Gasteiger partial charge >= 0.3 is 0 Å². The van der Waals surface area contributed by atoms with Crippen molar-refractivity contribution in [3.8, 4) is 51.0 Å². The van der Waals surface area contributed by atoms with Gasteiger partial charge in [0.25, 0.3) is 0 Å². The second-order valence-corrected chi connectivity index (χ2v) is 17.0. The van der Waals surface area contributed by atoms with Gasteiger partial charge in [-0.3, -0.25) is 4.98 Å². The Morgan fingerprint density at radius 3 is 1.87 bits per heavy atom. The summed E-state index contributed by atoms with van der Waals surface area (Å²) in [5, 5.41) is 0. The van der Waals surface area contributed by atoms with E-state index < -0.39 is 0 Å². The molecule has 8 aromatic rings. The van der Waals surface area contributed by atoms with Crippen LogP contribution in [0.5, 0.6) is 0 Å². The quantitative estimate of drug-likeness (QED) is 0.142. The van der Waals surface area contributed by atoms with Crippen LogP contribution in [0.2, 0.25) is 0 Å². The van der Waals surface area contributed by atoms with Crippen LogP contribution in [0.4, 0.5) is 11.4 Å². The van der Waals surface area contributed by atoms with Gasteiger partial charge in [-0.2, -0.15) is 0 Å². The van der Waals surface area contributed by atoms with Crippen LogP contribution in [-0.4, -0.2) is 61.3 Å². The van der Waals surface area contributed by atoms with Crippen LogP contribution in [-0.2, 0) is 33.2 Å². The molecular weight excluding hydrogens is 757 g/mol. The van der Waals surface area contributed by atoms with Crippen molar-refractivity contribution in [3.05, 3.63) is 138 Å². The van der Waals surface area contributed by atoms with Gasteiger partial charge in [-0.25, -0.2) is 24.9 Å². The Labute approximate surface area is 357 Å². The van der Waals surface area contributed by atoms with Crippen molar-refractivity contribution in [2.45, 2.75) is 79.6 Å². The highest BCUT2D eigenvalue weighted by atomic mass is 15.3. The summed E-state index contributed by atoms with van der Waals surface area (Å²) in [6.45, 7) is 17.9. The Balaban J connectivity index is 1.00. The highest BCUT2D eigenvalue weighted by Gasteiger charge is 2.30. The number of fused-ring (bicyclic) bond motifs is 2. The average Bonchev–Trinajstić information content (AvgIpc) is 4.09. The predicted octanol–water partition coefficient (Wildman–Crippen LogP) is 9.36. The predicted molar refractivity (Wildman–Crippen MR) is 242 cm³/mol. The molecule has 0 amide bonds. The van der Waals surface area contributed by atoms with Crippen molar-refractivity contribution < 1.29 is 0 Å². The molecule has 2 aromatic carbocycles. The summed E-state index contributed by atoms with van der Waals surface area (Å²) in [6.07, 6.45) is 9.59. The molecule has 0 aliphatic carbocycles. The molecular formula is C49H52N12. The molecule has 2 aliphatic rings. The van der Waals surface area contributed by atoms with Crippen LogP contribution in [0.1, 0.15) is 74.0 Å². The minimum absolute atomic E-state index is 0.164. The first-order valence-electron chi connectivity index (χ1n) is 21.4. The van der Waals surface area contributed by atoms with Crippen molar-refractivity contribution in [1.82, 2.24) is 48.2 Å². The Morgan fingerprint density at radius 2 is 1.21 bits per heavy atom. The lowest BCUT2D eigenvalue weighted by Gasteiger charge is -2.32. The fourth-order valence-corrected chi connectivity index (χ4v) is 9.09. The van der Waals surface area contributed by atoms with Crippen LogP contribution < -0.4 is 9.80 Å². The molecule has 12 nitrogen and oxygen atoms in total. The normalized spacial score (nSPS) is 14.0. The second-order valence-electron chi connectivity index (χ2n) is 17.0. The fourth-order valence-electron chi connectivity index (χ4n) is 9.09. The van der Waals surface area contributed by atoms with Gasteiger partial charge in [0, 0.05) is 91.8 Å². The number of nitrogens with zero attached hydrogens (tertiary/aromatic N) is 12. The maximum atomic E-state index is 5.50. The van der Waals surface area contributed by atoms with E-state index in [1.807, 2.05) is 43.3 Å². The maximum Gasteiger partial charge on any atom is 0.159 e. The number of aromatic nitrogens is 10. The summed E-state index contributed by atoms with van der Waals surface area (Å²) in [6, 6.07) is 26.1. The van der Waals surface area contributed by atoms with Gasteiger partial charge < -0.3 is 28.1 Å². The summed E-state index contributed by atoms with van der Waals surface area (Å²) in [5.74, 6) is 3.34. The molecule has 0 unspecified atom stereocenters. The average molecular weight is 809 g/mol. The van der Waals surface area contributed by atoms with Gasteiger partial charge in [0.2, 0.25) is 0 Å². The smallest absolute Gasteiger partial charge is 0.159 e. The number of hydrogen-bond acceptors (Lipinski definition) is 8. The van der Waals surface area contributed by atoms with Crippen LogP contribution in [0.15, 0.2) is 104 Å². The highest BCUT2D eigenvalue weighted by Crippen LogP contribution is 2.39. The van der Waals surface area contributed by atoms with Gasteiger partial charge in [0.1, 0.15) is 17.3 Å². The minimum Gasteiger partial charge on any atom is -0.364 e. The van der Waals surface area contributed by atoms with E-state index >= 15 is 0 Å². The van der Waals surface area contributed by atoms with Crippen molar-refractivity contribution in [3.63, 3.8) is 0 Å². The number of pyridine rings is 2. The Kier molecular flexibility index (Phi) is 9.65. The zero-order chi connectivity index (χ0) is 41.9. The number of rotatable bonds is 9. The molecule has 2 aliphatic heterocycles. The molecule has 10 rings (SSSR count). The minimum atomic E-state index is 0.164. The molecule has 0 saturated heterocycles. The number of aryl methyl sites for hydroxylation is 3.